The molecule has 2 aliphatic heterocycles. The van der Waals surface area contributed by atoms with Gasteiger partial charge in [0.2, 0.25) is 0 Å². The number of carbonyl (C=O) groups is 3. The van der Waals surface area contributed by atoms with Crippen molar-refractivity contribution in [1.82, 2.24) is 9.47 Å². The predicted octanol–water partition coefficient (Wildman–Crippen LogP) is 1.27. The summed E-state index contributed by atoms with van der Waals surface area (Å²) in [5.41, 5.74) is 0.703. The van der Waals surface area contributed by atoms with Crippen LogP contribution in [0.15, 0.2) is 41.2 Å². The largest absolute Gasteiger partial charge is 0.474 e. The number of anilines is 1. The maximum atomic E-state index is 13.0. The van der Waals surface area contributed by atoms with Gasteiger partial charge >= 0.3 is 11.9 Å². The maximum absolute atomic E-state index is 13.0. The van der Waals surface area contributed by atoms with Crippen LogP contribution in [0.4, 0.5) is 10.1 Å². The third-order valence-electron chi connectivity index (χ3n) is 5.43. The van der Waals surface area contributed by atoms with E-state index in [0.29, 0.717) is 12.2 Å². The molecular weight excluding hydrogens is 381 g/mol. The lowest BCUT2D eigenvalue weighted by atomic mass is 9.83. The van der Waals surface area contributed by atoms with Gasteiger partial charge in [0.25, 0.3) is 11.5 Å². The van der Waals surface area contributed by atoms with E-state index in [9.17, 15) is 23.6 Å². The lowest BCUT2D eigenvalue weighted by Gasteiger charge is -2.42. The number of benzene rings is 1. The minimum Gasteiger partial charge on any atom is -0.474 e. The molecule has 0 spiro atoms. The number of pyridine rings is 1. The fraction of sp³-hybridized carbons (Fsp3) is 0.300. The van der Waals surface area contributed by atoms with E-state index in [4.69, 9.17) is 5.11 Å². The van der Waals surface area contributed by atoms with Crippen LogP contribution in [0.1, 0.15) is 28.4 Å². The van der Waals surface area contributed by atoms with E-state index < -0.39 is 23.6 Å². The summed E-state index contributed by atoms with van der Waals surface area (Å²) in [5, 5.41) is 11.5. The molecule has 2 aromatic rings. The number of nitrogens with one attached hydrogen (secondary N) is 1. The zero-order chi connectivity index (χ0) is 20.7. The summed E-state index contributed by atoms with van der Waals surface area (Å²) in [5.74, 6) is -3.57. The molecule has 0 radical (unpaired) electrons. The number of carbonyl (C=O) groups excluding carboxylic acids is 2. The molecule has 9 heteroatoms. The molecule has 0 unspecified atom stereocenters. The van der Waals surface area contributed by atoms with Crippen molar-refractivity contribution in [1.29, 1.82) is 0 Å². The molecular formula is C20H18FN3O5. The van der Waals surface area contributed by atoms with Crippen molar-refractivity contribution < 1.29 is 23.9 Å². The Hall–Kier alpha value is -3.49. The molecule has 8 nitrogen and oxygen atoms in total. The number of piperidine rings is 1. The lowest BCUT2D eigenvalue weighted by Crippen LogP contribution is -2.51. The number of carboxylic acid groups (broad SMARTS) is 1. The molecule has 0 aliphatic carbocycles. The van der Waals surface area contributed by atoms with Crippen molar-refractivity contribution in [3.8, 4) is 0 Å². The number of aliphatic carboxylic acids is 1. The highest BCUT2D eigenvalue weighted by atomic mass is 19.1. The summed E-state index contributed by atoms with van der Waals surface area (Å²) in [6.07, 6.45) is 0.768. The molecule has 2 atom stereocenters. The molecule has 150 valence electrons. The van der Waals surface area contributed by atoms with Gasteiger partial charge in [-0.15, -0.1) is 0 Å². The number of nitrogens with zero attached hydrogens (tertiary/aromatic N) is 2. The van der Waals surface area contributed by atoms with E-state index in [1.54, 1.807) is 10.6 Å². The fourth-order valence-electron chi connectivity index (χ4n) is 4.14. The Morgan fingerprint density at radius 2 is 1.76 bits per heavy atom. The quantitative estimate of drug-likeness (QED) is 0.740. The Bertz CT molecular complexity index is 1060. The fourth-order valence-corrected chi connectivity index (χ4v) is 4.14. The third kappa shape index (κ3) is 3.51. The predicted molar refractivity (Wildman–Crippen MR) is 100 cm³/mol. The molecule has 1 fully saturated rings. The van der Waals surface area contributed by atoms with Crippen molar-refractivity contribution >= 4 is 23.5 Å². The van der Waals surface area contributed by atoms with E-state index in [0.717, 1.165) is 6.42 Å². The van der Waals surface area contributed by atoms with Crippen LogP contribution >= 0.6 is 0 Å². The third-order valence-corrected chi connectivity index (χ3v) is 5.43. The van der Waals surface area contributed by atoms with Crippen LogP contribution in [-0.4, -0.2) is 45.4 Å². The first kappa shape index (κ1) is 18.9. The molecule has 3 heterocycles. The van der Waals surface area contributed by atoms with Crippen molar-refractivity contribution in [2.45, 2.75) is 18.9 Å². The van der Waals surface area contributed by atoms with Gasteiger partial charge in [-0.2, -0.15) is 0 Å². The number of aromatic nitrogens is 1. The molecule has 1 saturated heterocycles. The van der Waals surface area contributed by atoms with E-state index in [1.165, 1.54) is 35.2 Å². The lowest BCUT2D eigenvalue weighted by molar-refractivity contribution is -0.157. The second kappa shape index (κ2) is 7.16. The van der Waals surface area contributed by atoms with Gasteiger partial charge in [0.15, 0.2) is 0 Å². The number of hydrogen-bond acceptors (Lipinski definition) is 4. The molecule has 2 aliphatic rings. The molecule has 1 aromatic carbocycles. The normalized spacial score (nSPS) is 20.0. The van der Waals surface area contributed by atoms with Crippen LogP contribution < -0.4 is 10.9 Å². The topological polar surface area (TPSA) is 109 Å². The van der Waals surface area contributed by atoms with Crippen LogP contribution in [0.25, 0.3) is 0 Å². The van der Waals surface area contributed by atoms with Crippen molar-refractivity contribution in [3.05, 3.63) is 63.8 Å². The Labute approximate surface area is 164 Å². The van der Waals surface area contributed by atoms with Crippen LogP contribution in [0.5, 0.6) is 0 Å². The first-order valence-electron chi connectivity index (χ1n) is 9.16. The number of carboxylic acids is 1. The van der Waals surface area contributed by atoms with Gasteiger partial charge in [-0.25, -0.2) is 9.18 Å². The minimum atomic E-state index is -1.48. The summed E-state index contributed by atoms with van der Waals surface area (Å²) in [7, 11) is 0. The number of fused-ring (bicyclic) bond motifs is 4. The maximum Gasteiger partial charge on any atom is 0.394 e. The van der Waals surface area contributed by atoms with Gasteiger partial charge in [0.05, 0.1) is 0 Å². The highest BCUT2D eigenvalue weighted by Gasteiger charge is 2.38. The second-order valence-corrected chi connectivity index (χ2v) is 7.36. The summed E-state index contributed by atoms with van der Waals surface area (Å²) >= 11 is 0. The van der Waals surface area contributed by atoms with Crippen LogP contribution in [-0.2, 0) is 16.1 Å². The highest BCUT2D eigenvalue weighted by Crippen LogP contribution is 2.35. The molecule has 2 amide bonds. The molecule has 2 bridgehead atoms. The van der Waals surface area contributed by atoms with Crippen molar-refractivity contribution in [2.75, 3.05) is 18.4 Å². The number of rotatable bonds is 2. The average molecular weight is 399 g/mol. The zero-order valence-corrected chi connectivity index (χ0v) is 15.3. The van der Waals surface area contributed by atoms with Gasteiger partial charge < -0.3 is 19.9 Å². The number of amides is 2. The van der Waals surface area contributed by atoms with Gasteiger partial charge in [-0.05, 0) is 48.7 Å². The van der Waals surface area contributed by atoms with Crippen LogP contribution in [0.2, 0.25) is 0 Å². The molecule has 29 heavy (non-hydrogen) atoms. The zero-order valence-electron chi connectivity index (χ0n) is 15.3. The van der Waals surface area contributed by atoms with E-state index in [1.807, 2.05) is 0 Å². The second-order valence-electron chi connectivity index (χ2n) is 7.36. The van der Waals surface area contributed by atoms with E-state index in [2.05, 4.69) is 5.32 Å². The van der Waals surface area contributed by atoms with Gasteiger partial charge in [-0.3, -0.25) is 14.4 Å². The molecule has 4 rings (SSSR count). The Morgan fingerprint density at radius 1 is 1.03 bits per heavy atom. The number of hydrogen-bond donors (Lipinski definition) is 2. The summed E-state index contributed by atoms with van der Waals surface area (Å²) < 4.78 is 14.6. The Morgan fingerprint density at radius 3 is 2.45 bits per heavy atom. The molecule has 1 aromatic heterocycles. The highest BCUT2D eigenvalue weighted by molar-refractivity contribution is 6.31. The van der Waals surface area contributed by atoms with Crippen LogP contribution in [0.3, 0.4) is 0 Å². The Balaban J connectivity index is 1.58. The average Bonchev–Trinajstić information content (AvgIpc) is 2.70. The van der Waals surface area contributed by atoms with Gasteiger partial charge in [-0.1, -0.05) is 0 Å². The number of halogens is 1. The molecule has 2 N–H and O–H groups in total. The van der Waals surface area contributed by atoms with Gasteiger partial charge in [0.1, 0.15) is 11.5 Å². The van der Waals surface area contributed by atoms with E-state index >= 15 is 0 Å². The minimum absolute atomic E-state index is 0.0368. The first-order chi connectivity index (χ1) is 13.8. The monoisotopic (exact) mass is 399 g/mol. The summed E-state index contributed by atoms with van der Waals surface area (Å²) in [4.78, 5) is 49.4. The van der Waals surface area contributed by atoms with Gasteiger partial charge in [0, 0.05) is 36.8 Å². The number of likely N-dealkylation sites (tertiary alicyclic amines) is 1. The van der Waals surface area contributed by atoms with Crippen LogP contribution in [0, 0.1) is 11.7 Å². The first-order valence-corrected chi connectivity index (χ1v) is 9.16. The van der Waals surface area contributed by atoms with Crippen molar-refractivity contribution in [3.63, 3.8) is 0 Å². The SMILES string of the molecule is O=C(O)C(=O)N1C[C@H]2C[C@H](C1)c1ccc(NC(=O)c3ccc(F)cc3)c(=O)n1C2. The smallest absolute Gasteiger partial charge is 0.394 e. The summed E-state index contributed by atoms with van der Waals surface area (Å²) in [6.45, 7) is 0.858. The van der Waals surface area contributed by atoms with E-state index in [-0.39, 0.29) is 41.7 Å². The standard InChI is InChI=1S/C20H18FN3O5/c21-14-3-1-12(2-4-14)17(25)22-15-5-6-16-13-7-11(9-24(16)18(15)26)8-23(10-13)19(27)20(28)29/h1-6,11,13H,7-10H2,(H,22,25)(H,28,29)/t11-,13-/m1/s1. The summed E-state index contributed by atoms with van der Waals surface area (Å²) in [6, 6.07) is 8.23. The Kier molecular flexibility index (Phi) is 4.65. The van der Waals surface area contributed by atoms with Crippen molar-refractivity contribution in [2.24, 2.45) is 5.92 Å². The molecule has 0 saturated carbocycles.